The van der Waals surface area contributed by atoms with Gasteiger partial charge in [0, 0.05) is 41.2 Å². The standard InChI is InChI=1S/C37H21F6N3/c38-36(39,40)22-10-12-24(13-11-22)46(25-6-3-5-23(19-25)37(41,42)43)26-14-15-31-28(20-26)27-7-1-2-8-30(27)35(31)32-16-18-44-21-29(32)34-33(35)9-4-17-45-34/h1-21H. The predicted octanol–water partition coefficient (Wildman–Crippen LogP) is 10.3. The maximum absolute atomic E-state index is 13.8. The molecule has 2 aromatic heterocycles. The molecule has 1 atom stereocenters. The first kappa shape index (κ1) is 28.1. The molecule has 0 fully saturated rings. The van der Waals surface area contributed by atoms with Gasteiger partial charge in [0.1, 0.15) is 0 Å². The molecule has 46 heavy (non-hydrogen) atoms. The molecule has 0 amide bonds. The normalized spacial score (nSPS) is 16.1. The Kier molecular flexibility index (Phi) is 5.97. The molecule has 8 rings (SSSR count). The number of pyridine rings is 2. The molecule has 1 unspecified atom stereocenters. The molecule has 0 radical (unpaired) electrons. The van der Waals surface area contributed by atoms with Gasteiger partial charge >= 0.3 is 12.4 Å². The third kappa shape index (κ3) is 4.00. The van der Waals surface area contributed by atoms with Crippen LogP contribution in [0.15, 0.2) is 128 Å². The van der Waals surface area contributed by atoms with Gasteiger partial charge in [0.25, 0.3) is 0 Å². The number of hydrogen-bond acceptors (Lipinski definition) is 3. The van der Waals surface area contributed by atoms with Crippen LogP contribution in [0.5, 0.6) is 0 Å². The minimum absolute atomic E-state index is 0.155. The molecule has 3 nitrogen and oxygen atoms in total. The number of halogens is 6. The number of alkyl halides is 6. The molecule has 9 heteroatoms. The minimum Gasteiger partial charge on any atom is -0.310 e. The largest absolute Gasteiger partial charge is 0.416 e. The number of rotatable bonds is 3. The highest BCUT2D eigenvalue weighted by molar-refractivity contribution is 5.95. The highest BCUT2D eigenvalue weighted by Gasteiger charge is 2.52. The van der Waals surface area contributed by atoms with E-state index >= 15 is 0 Å². The summed E-state index contributed by atoms with van der Waals surface area (Å²) in [6, 6.07) is 28.8. The summed E-state index contributed by atoms with van der Waals surface area (Å²) in [6.07, 6.45) is -3.87. The highest BCUT2D eigenvalue weighted by Crippen LogP contribution is 2.62. The molecular formula is C37H21F6N3. The van der Waals surface area contributed by atoms with Crippen molar-refractivity contribution < 1.29 is 26.3 Å². The van der Waals surface area contributed by atoms with E-state index in [1.54, 1.807) is 23.4 Å². The molecule has 0 saturated heterocycles. The second kappa shape index (κ2) is 9.78. The lowest BCUT2D eigenvalue weighted by molar-refractivity contribution is -0.138. The Labute approximate surface area is 259 Å². The van der Waals surface area contributed by atoms with Gasteiger partial charge in [0.15, 0.2) is 0 Å². The fourth-order valence-corrected chi connectivity index (χ4v) is 7.04. The zero-order chi connectivity index (χ0) is 31.8. The molecule has 226 valence electrons. The smallest absolute Gasteiger partial charge is 0.310 e. The van der Waals surface area contributed by atoms with Crippen molar-refractivity contribution in [2.75, 3.05) is 4.90 Å². The molecule has 6 aromatic rings. The van der Waals surface area contributed by atoms with Gasteiger partial charge in [-0.25, -0.2) is 0 Å². The van der Waals surface area contributed by atoms with Gasteiger partial charge in [0.2, 0.25) is 0 Å². The molecule has 0 bridgehead atoms. The van der Waals surface area contributed by atoms with Crippen LogP contribution in [0.25, 0.3) is 22.4 Å². The summed E-state index contributed by atoms with van der Waals surface area (Å²) < 4.78 is 81.8. The summed E-state index contributed by atoms with van der Waals surface area (Å²) in [5.41, 5.74) is 6.05. The topological polar surface area (TPSA) is 29.0 Å². The molecule has 0 saturated carbocycles. The van der Waals surface area contributed by atoms with Crippen LogP contribution in [0.3, 0.4) is 0 Å². The maximum Gasteiger partial charge on any atom is 0.416 e. The summed E-state index contributed by atoms with van der Waals surface area (Å²) >= 11 is 0. The lowest BCUT2D eigenvalue weighted by Gasteiger charge is -2.31. The Morgan fingerprint density at radius 3 is 1.96 bits per heavy atom. The minimum atomic E-state index is -4.61. The highest BCUT2D eigenvalue weighted by atomic mass is 19.4. The first-order valence-electron chi connectivity index (χ1n) is 14.4. The summed E-state index contributed by atoms with van der Waals surface area (Å²) in [5, 5.41) is 0. The van der Waals surface area contributed by atoms with E-state index in [1.165, 1.54) is 24.3 Å². The Balaban J connectivity index is 1.37. The van der Waals surface area contributed by atoms with Crippen molar-refractivity contribution in [3.63, 3.8) is 0 Å². The number of hydrogen-bond donors (Lipinski definition) is 0. The zero-order valence-electron chi connectivity index (χ0n) is 23.7. The van der Waals surface area contributed by atoms with Gasteiger partial charge < -0.3 is 4.90 Å². The fourth-order valence-electron chi connectivity index (χ4n) is 7.04. The van der Waals surface area contributed by atoms with E-state index < -0.39 is 28.9 Å². The van der Waals surface area contributed by atoms with Gasteiger partial charge in [-0.15, -0.1) is 0 Å². The van der Waals surface area contributed by atoms with Crippen LogP contribution in [0.2, 0.25) is 0 Å². The van der Waals surface area contributed by atoms with Crippen LogP contribution in [0.1, 0.15) is 33.4 Å². The Hall–Kier alpha value is -5.44. The van der Waals surface area contributed by atoms with Crippen molar-refractivity contribution in [1.29, 1.82) is 0 Å². The predicted molar refractivity (Wildman–Crippen MR) is 163 cm³/mol. The van der Waals surface area contributed by atoms with Crippen LogP contribution >= 0.6 is 0 Å². The van der Waals surface area contributed by atoms with Crippen LogP contribution < -0.4 is 4.90 Å². The Morgan fingerprint density at radius 2 is 1.17 bits per heavy atom. The number of anilines is 3. The third-order valence-electron chi connectivity index (χ3n) is 8.86. The zero-order valence-corrected chi connectivity index (χ0v) is 23.7. The molecule has 1 spiro atoms. The average Bonchev–Trinajstić information content (AvgIpc) is 3.52. The lowest BCUT2D eigenvalue weighted by atomic mass is 9.71. The molecule has 0 aliphatic heterocycles. The van der Waals surface area contributed by atoms with Crippen molar-refractivity contribution in [2.45, 2.75) is 17.8 Å². The molecular weight excluding hydrogens is 600 g/mol. The van der Waals surface area contributed by atoms with Crippen molar-refractivity contribution in [3.05, 3.63) is 161 Å². The number of fused-ring (bicyclic) bond motifs is 10. The summed E-state index contributed by atoms with van der Waals surface area (Å²) in [5.74, 6) is 0. The van der Waals surface area contributed by atoms with Crippen molar-refractivity contribution in [1.82, 2.24) is 9.97 Å². The molecule has 2 heterocycles. The second-order valence-electron chi connectivity index (χ2n) is 11.3. The monoisotopic (exact) mass is 621 g/mol. The van der Waals surface area contributed by atoms with Crippen LogP contribution in [0.4, 0.5) is 43.4 Å². The second-order valence-corrected chi connectivity index (χ2v) is 11.3. The molecule has 2 aliphatic rings. The maximum atomic E-state index is 13.8. The fraction of sp³-hybridized carbons (Fsp3) is 0.0811. The van der Waals surface area contributed by atoms with E-state index in [2.05, 4.69) is 17.1 Å². The van der Waals surface area contributed by atoms with Crippen LogP contribution in [0, 0.1) is 0 Å². The average molecular weight is 622 g/mol. The van der Waals surface area contributed by atoms with Gasteiger partial charge in [-0.1, -0.05) is 42.5 Å². The third-order valence-corrected chi connectivity index (χ3v) is 8.86. The van der Waals surface area contributed by atoms with Crippen molar-refractivity contribution in [2.24, 2.45) is 0 Å². The van der Waals surface area contributed by atoms with E-state index in [-0.39, 0.29) is 11.4 Å². The quantitative estimate of drug-likeness (QED) is 0.184. The molecule has 0 N–H and O–H groups in total. The summed E-state index contributed by atoms with van der Waals surface area (Å²) in [7, 11) is 0. The van der Waals surface area contributed by atoms with Gasteiger partial charge in [-0.3, -0.25) is 9.97 Å². The molecule has 2 aliphatic carbocycles. The van der Waals surface area contributed by atoms with Crippen molar-refractivity contribution in [3.8, 4) is 22.4 Å². The van der Waals surface area contributed by atoms with Crippen molar-refractivity contribution >= 4 is 17.1 Å². The van der Waals surface area contributed by atoms with E-state index in [0.29, 0.717) is 5.69 Å². The molecule has 4 aromatic carbocycles. The van der Waals surface area contributed by atoms with Crippen LogP contribution in [-0.4, -0.2) is 9.97 Å². The lowest BCUT2D eigenvalue weighted by Crippen LogP contribution is -2.26. The van der Waals surface area contributed by atoms with E-state index in [0.717, 1.165) is 68.9 Å². The van der Waals surface area contributed by atoms with E-state index in [4.69, 9.17) is 4.98 Å². The van der Waals surface area contributed by atoms with Crippen LogP contribution in [-0.2, 0) is 17.8 Å². The number of benzene rings is 4. The van der Waals surface area contributed by atoms with Gasteiger partial charge in [-0.2, -0.15) is 26.3 Å². The Bertz CT molecular complexity index is 2110. The van der Waals surface area contributed by atoms with Gasteiger partial charge in [-0.05, 0) is 100 Å². The van der Waals surface area contributed by atoms with E-state index in [1.807, 2.05) is 48.7 Å². The Morgan fingerprint density at radius 1 is 0.500 bits per heavy atom. The first-order chi connectivity index (χ1) is 22.1. The SMILES string of the molecule is FC(F)(F)c1ccc(N(c2cccc(C(F)(F)F)c2)c2ccc3c(c2)-c2ccccc2C32c3ccncc3-c3ncccc32)cc1. The van der Waals surface area contributed by atoms with E-state index in [9.17, 15) is 26.3 Å². The summed E-state index contributed by atoms with van der Waals surface area (Å²) in [4.78, 5) is 10.6. The summed E-state index contributed by atoms with van der Waals surface area (Å²) in [6.45, 7) is 0. The first-order valence-corrected chi connectivity index (χ1v) is 14.4. The number of nitrogens with zero attached hydrogens (tertiary/aromatic N) is 3. The van der Waals surface area contributed by atoms with Gasteiger partial charge in [0.05, 0.1) is 22.2 Å². The number of aromatic nitrogens is 2.